The lowest BCUT2D eigenvalue weighted by molar-refractivity contribution is 0.797. The summed E-state index contributed by atoms with van der Waals surface area (Å²) >= 11 is 0. The van der Waals surface area contributed by atoms with E-state index in [2.05, 4.69) is 9.56 Å². The van der Waals surface area contributed by atoms with E-state index in [1.54, 1.807) is 0 Å². The maximum atomic E-state index is 5.22. The van der Waals surface area contributed by atoms with Crippen LogP contribution in [0.1, 0.15) is 11.4 Å². The number of nitrogens with zero attached hydrogens (tertiary/aromatic N) is 2. The van der Waals surface area contributed by atoms with E-state index >= 15 is 0 Å². The summed E-state index contributed by atoms with van der Waals surface area (Å²) in [5.74, 6) is 0.133. The van der Waals surface area contributed by atoms with E-state index in [9.17, 15) is 0 Å². The predicted octanol–water partition coefficient (Wildman–Crippen LogP) is 0.685. The quantitative estimate of drug-likeness (QED) is 0.596. The molecule has 1 heterocycles. The van der Waals surface area contributed by atoms with Crippen LogP contribution >= 0.6 is 17.0 Å². The average Bonchev–Trinajstić information content (AvgIpc) is 2.30. The van der Waals surface area contributed by atoms with Crippen molar-refractivity contribution in [1.82, 2.24) is 4.57 Å². The van der Waals surface area contributed by atoms with E-state index in [1.807, 2.05) is 26.1 Å². The summed E-state index contributed by atoms with van der Waals surface area (Å²) in [4.78, 5) is 3.92. The summed E-state index contributed by atoms with van der Waals surface area (Å²) in [6.45, 7) is 2.59. The van der Waals surface area contributed by atoms with Gasteiger partial charge in [-0.2, -0.15) is 0 Å². The molecule has 0 amide bonds. The average molecular weight is 247 g/mol. The Balaban J connectivity index is 0.00000144. The molecule has 0 aliphatic rings. The van der Waals surface area contributed by atoms with Crippen LogP contribution in [0.5, 0.6) is 0 Å². The molecule has 1 aromatic heterocycles. The minimum Gasteiger partial charge on any atom is -0.370 e. The Hall–Kier alpha value is -0.970. The molecule has 74 valence electrons. The van der Waals surface area contributed by atoms with Gasteiger partial charge in [0.25, 0.3) is 0 Å². The normalized spacial score (nSPS) is 9.08. The number of halogens is 1. The Kier molecular flexibility index (Phi) is 4.55. The summed E-state index contributed by atoms with van der Waals surface area (Å²) in [5, 5.41) is 0. The van der Waals surface area contributed by atoms with Gasteiger partial charge < -0.3 is 16.0 Å². The van der Waals surface area contributed by atoms with E-state index in [-0.39, 0.29) is 22.9 Å². The van der Waals surface area contributed by atoms with Crippen molar-refractivity contribution in [3.8, 4) is 0 Å². The molecule has 5 heteroatoms. The minimum atomic E-state index is 0. The summed E-state index contributed by atoms with van der Waals surface area (Å²) in [6, 6.07) is 4.05. The molecule has 4 N–H and O–H groups in total. The number of aromatic nitrogens is 1. The number of aryl methyl sites for hydroxylation is 1. The van der Waals surface area contributed by atoms with Gasteiger partial charge in [0.15, 0.2) is 5.96 Å². The highest BCUT2D eigenvalue weighted by Gasteiger charge is 1.98. The van der Waals surface area contributed by atoms with Crippen LogP contribution in [0.3, 0.4) is 0 Å². The van der Waals surface area contributed by atoms with Crippen molar-refractivity contribution < 1.29 is 0 Å². The first-order valence-corrected chi connectivity index (χ1v) is 3.78. The van der Waals surface area contributed by atoms with Crippen LogP contribution in [0, 0.1) is 6.92 Å². The van der Waals surface area contributed by atoms with Gasteiger partial charge in [0.1, 0.15) is 0 Å². The number of guanidine groups is 1. The molecule has 1 rings (SSSR count). The number of hydrogen-bond acceptors (Lipinski definition) is 1. The third-order valence-corrected chi connectivity index (χ3v) is 1.90. The molecule has 0 atom stereocenters. The summed E-state index contributed by atoms with van der Waals surface area (Å²) in [5.41, 5.74) is 12.7. The fraction of sp³-hybridized carbons (Fsp3) is 0.375. The van der Waals surface area contributed by atoms with Gasteiger partial charge in [-0.3, -0.25) is 0 Å². The smallest absolute Gasteiger partial charge is 0.186 e. The number of hydrogen-bond donors (Lipinski definition) is 2. The van der Waals surface area contributed by atoms with Crippen molar-refractivity contribution in [3.05, 3.63) is 23.5 Å². The highest BCUT2D eigenvalue weighted by Crippen LogP contribution is 2.06. The second-order valence-electron chi connectivity index (χ2n) is 2.77. The number of rotatable bonds is 2. The van der Waals surface area contributed by atoms with Crippen molar-refractivity contribution >= 4 is 22.9 Å². The van der Waals surface area contributed by atoms with Crippen molar-refractivity contribution in [1.29, 1.82) is 0 Å². The molecule has 0 unspecified atom stereocenters. The topological polar surface area (TPSA) is 69.3 Å². The van der Waals surface area contributed by atoms with Gasteiger partial charge in [-0.05, 0) is 19.1 Å². The van der Waals surface area contributed by atoms with Crippen LogP contribution in [0.2, 0.25) is 0 Å². The zero-order valence-corrected chi connectivity index (χ0v) is 9.53. The maximum Gasteiger partial charge on any atom is 0.186 e. The fourth-order valence-electron chi connectivity index (χ4n) is 0.998. The molecule has 0 aromatic carbocycles. The third kappa shape index (κ3) is 3.10. The maximum absolute atomic E-state index is 5.22. The second kappa shape index (κ2) is 4.91. The predicted molar refractivity (Wildman–Crippen MR) is 60.0 cm³/mol. The molecule has 0 saturated carbocycles. The molecule has 0 spiro atoms. The van der Waals surface area contributed by atoms with E-state index in [4.69, 9.17) is 11.5 Å². The highest BCUT2D eigenvalue weighted by atomic mass is 79.9. The van der Waals surface area contributed by atoms with Crippen molar-refractivity contribution in [2.75, 3.05) is 0 Å². The first-order chi connectivity index (χ1) is 5.61. The molecule has 13 heavy (non-hydrogen) atoms. The zero-order chi connectivity index (χ0) is 9.14. The van der Waals surface area contributed by atoms with Crippen LogP contribution in [0.15, 0.2) is 17.1 Å². The van der Waals surface area contributed by atoms with E-state index < -0.39 is 0 Å². The Morgan fingerprint density at radius 1 is 1.46 bits per heavy atom. The summed E-state index contributed by atoms with van der Waals surface area (Å²) in [7, 11) is 1.99. The molecule has 0 bridgehead atoms. The van der Waals surface area contributed by atoms with E-state index in [0.29, 0.717) is 6.54 Å². The van der Waals surface area contributed by atoms with Crippen molar-refractivity contribution in [2.24, 2.45) is 23.5 Å². The van der Waals surface area contributed by atoms with Gasteiger partial charge in [-0.1, -0.05) is 0 Å². The van der Waals surface area contributed by atoms with Crippen LogP contribution < -0.4 is 11.5 Å². The van der Waals surface area contributed by atoms with E-state index in [1.165, 1.54) is 5.69 Å². The monoisotopic (exact) mass is 246 g/mol. The van der Waals surface area contributed by atoms with Gasteiger partial charge in [0.2, 0.25) is 0 Å². The van der Waals surface area contributed by atoms with E-state index in [0.717, 1.165) is 5.69 Å². The Morgan fingerprint density at radius 2 is 2.08 bits per heavy atom. The van der Waals surface area contributed by atoms with Crippen molar-refractivity contribution in [3.63, 3.8) is 0 Å². The fourth-order valence-corrected chi connectivity index (χ4v) is 0.998. The number of nitrogens with two attached hydrogens (primary N) is 2. The zero-order valence-electron chi connectivity index (χ0n) is 7.82. The van der Waals surface area contributed by atoms with Gasteiger partial charge >= 0.3 is 0 Å². The molecule has 0 aliphatic carbocycles. The SMILES string of the molecule is Br.Cc1ccc(CN=C(N)N)n1C. The Labute approximate surface area is 88.4 Å². The van der Waals surface area contributed by atoms with Crippen LogP contribution in [0.25, 0.3) is 0 Å². The molecular formula is C8H15BrN4. The molecule has 0 saturated heterocycles. The highest BCUT2D eigenvalue weighted by molar-refractivity contribution is 8.93. The number of aliphatic imine (C=N–C) groups is 1. The third-order valence-electron chi connectivity index (χ3n) is 1.90. The molecule has 0 radical (unpaired) electrons. The summed E-state index contributed by atoms with van der Waals surface area (Å²) in [6.07, 6.45) is 0. The summed E-state index contributed by atoms with van der Waals surface area (Å²) < 4.78 is 2.06. The lowest BCUT2D eigenvalue weighted by atomic mass is 10.4. The second-order valence-corrected chi connectivity index (χ2v) is 2.77. The van der Waals surface area contributed by atoms with Crippen LogP contribution in [-0.2, 0) is 13.6 Å². The largest absolute Gasteiger partial charge is 0.370 e. The lowest BCUT2D eigenvalue weighted by Gasteiger charge is -2.01. The lowest BCUT2D eigenvalue weighted by Crippen LogP contribution is -2.22. The van der Waals surface area contributed by atoms with Gasteiger partial charge in [-0.25, -0.2) is 4.99 Å². The molecule has 1 aromatic rings. The van der Waals surface area contributed by atoms with Crippen molar-refractivity contribution in [2.45, 2.75) is 13.5 Å². The molecule has 4 nitrogen and oxygen atoms in total. The van der Waals surface area contributed by atoms with Crippen LogP contribution in [0.4, 0.5) is 0 Å². The Bertz CT molecular complexity index is 299. The van der Waals surface area contributed by atoms with Gasteiger partial charge in [0, 0.05) is 18.4 Å². The van der Waals surface area contributed by atoms with Gasteiger partial charge in [0.05, 0.1) is 6.54 Å². The van der Waals surface area contributed by atoms with Gasteiger partial charge in [-0.15, -0.1) is 17.0 Å². The molecule has 0 fully saturated rings. The van der Waals surface area contributed by atoms with Crippen LogP contribution in [-0.4, -0.2) is 10.5 Å². The first kappa shape index (κ1) is 12.0. The minimum absolute atomic E-state index is 0. The molecular weight excluding hydrogens is 232 g/mol. The molecule has 0 aliphatic heterocycles. The Morgan fingerprint density at radius 3 is 2.46 bits per heavy atom. The standard InChI is InChI=1S/C8H14N4.BrH/c1-6-3-4-7(12(6)2)5-11-8(9)10;/h3-4H,5H2,1-2H3,(H4,9,10,11);1H. The first-order valence-electron chi connectivity index (χ1n) is 3.78.